The molecule has 0 bridgehead atoms. The first-order valence-corrected chi connectivity index (χ1v) is 19.8. The summed E-state index contributed by atoms with van der Waals surface area (Å²) in [5.74, 6) is 2.48. The van der Waals surface area contributed by atoms with Crippen molar-refractivity contribution in [1.82, 2.24) is 19.9 Å². The van der Waals surface area contributed by atoms with Gasteiger partial charge in [-0.15, -0.1) is 0 Å². The van der Waals surface area contributed by atoms with Crippen molar-refractivity contribution >= 4 is 65.0 Å². The molecule has 59 heavy (non-hydrogen) atoms. The van der Waals surface area contributed by atoms with Crippen LogP contribution < -0.4 is 0 Å². The van der Waals surface area contributed by atoms with Gasteiger partial charge in [-0.1, -0.05) is 170 Å². The fourth-order valence-corrected chi connectivity index (χ4v) is 8.74. The van der Waals surface area contributed by atoms with Crippen LogP contribution in [-0.4, -0.2) is 19.9 Å². The topological polar surface area (TPSA) is 64.7 Å². The van der Waals surface area contributed by atoms with Gasteiger partial charge < -0.3 is 4.42 Å². The summed E-state index contributed by atoms with van der Waals surface area (Å²) in [6, 6.07) is 67.6. The normalized spacial score (nSPS) is 11.7. The zero-order valence-corrected chi connectivity index (χ0v) is 31.7. The predicted octanol–water partition coefficient (Wildman–Crippen LogP) is 14.1. The molecule has 0 saturated heterocycles. The number of rotatable bonds is 5. The SMILES string of the molecule is c1ccc(-c2nc(-c3cccc4c(-c5cccc6ccc7nc(-c8ccc9ccccc9c8)oc7c56)cccc34)nc(-c3cc4ccccc4c4ccccc34)n2)cc1. The van der Waals surface area contributed by atoms with Crippen LogP contribution in [0.15, 0.2) is 199 Å². The first-order valence-electron chi connectivity index (χ1n) is 19.8. The number of hydrogen-bond acceptors (Lipinski definition) is 5. The summed E-state index contributed by atoms with van der Waals surface area (Å²) in [5, 5.41) is 11.2. The Morgan fingerprint density at radius 3 is 1.73 bits per heavy atom. The minimum Gasteiger partial charge on any atom is -0.435 e. The van der Waals surface area contributed by atoms with Crippen molar-refractivity contribution in [1.29, 1.82) is 0 Å². The second kappa shape index (κ2) is 13.3. The smallest absolute Gasteiger partial charge is 0.227 e. The summed E-state index contributed by atoms with van der Waals surface area (Å²) in [4.78, 5) is 20.7. The van der Waals surface area contributed by atoms with E-state index in [1.165, 1.54) is 16.2 Å². The second-order valence-electron chi connectivity index (χ2n) is 15.0. The van der Waals surface area contributed by atoms with Crippen LogP contribution in [0.3, 0.4) is 0 Å². The molecule has 0 aliphatic carbocycles. The molecule has 10 aromatic carbocycles. The van der Waals surface area contributed by atoms with E-state index < -0.39 is 0 Å². The molecule has 0 amide bonds. The lowest BCUT2D eigenvalue weighted by Gasteiger charge is -2.14. The van der Waals surface area contributed by atoms with Crippen LogP contribution in [0.4, 0.5) is 0 Å². The summed E-state index contributed by atoms with van der Waals surface area (Å²) in [7, 11) is 0. The number of hydrogen-bond donors (Lipinski definition) is 0. The van der Waals surface area contributed by atoms with E-state index in [1.807, 2.05) is 18.2 Å². The molecule has 12 aromatic rings. The molecule has 0 saturated carbocycles. The van der Waals surface area contributed by atoms with Crippen molar-refractivity contribution in [2.45, 2.75) is 0 Å². The number of benzene rings is 10. The molecule has 0 atom stereocenters. The Kier molecular flexibility index (Phi) is 7.47. The Balaban J connectivity index is 1.06. The van der Waals surface area contributed by atoms with Crippen LogP contribution in [0.5, 0.6) is 0 Å². The minimum absolute atomic E-state index is 0.604. The first-order chi connectivity index (χ1) is 29.2. The van der Waals surface area contributed by atoms with E-state index in [4.69, 9.17) is 24.4 Å². The quantitative estimate of drug-likeness (QED) is 0.164. The van der Waals surface area contributed by atoms with Crippen LogP contribution in [0.2, 0.25) is 0 Å². The standard InChI is InChI=1S/C54H32N4O/c1-2-14-35(15-3-1)51-56-52(58-53(57-51)47-32-37-17-6-7-19-39(37)40-20-8-9-21-44(40)47)46-26-12-22-41-42(23-11-24-43(41)46)45-25-10-18-34-29-30-48-50(49(34)45)59-54(55-48)38-28-27-33-13-4-5-16-36(33)31-38/h1-32H. The predicted molar refractivity (Wildman–Crippen MR) is 242 cm³/mol. The monoisotopic (exact) mass is 752 g/mol. The number of nitrogens with zero attached hydrogens (tertiary/aromatic N) is 4. The van der Waals surface area contributed by atoms with Crippen LogP contribution in [0.25, 0.3) is 122 Å². The van der Waals surface area contributed by atoms with Gasteiger partial charge in [0.2, 0.25) is 5.89 Å². The lowest BCUT2D eigenvalue weighted by atomic mass is 9.92. The molecular formula is C54H32N4O. The third-order valence-electron chi connectivity index (χ3n) is 11.5. The summed E-state index contributed by atoms with van der Waals surface area (Å²) >= 11 is 0. The molecule has 12 rings (SSSR count). The molecule has 0 spiro atoms. The van der Waals surface area contributed by atoms with Crippen molar-refractivity contribution in [3.05, 3.63) is 194 Å². The third-order valence-corrected chi connectivity index (χ3v) is 11.5. The van der Waals surface area contributed by atoms with Crippen molar-refractivity contribution in [2.24, 2.45) is 0 Å². The van der Waals surface area contributed by atoms with Gasteiger partial charge >= 0.3 is 0 Å². The van der Waals surface area contributed by atoms with Gasteiger partial charge in [0.15, 0.2) is 23.1 Å². The third kappa shape index (κ3) is 5.47. The fourth-order valence-electron chi connectivity index (χ4n) is 8.74. The zero-order chi connectivity index (χ0) is 38.9. The van der Waals surface area contributed by atoms with E-state index in [0.29, 0.717) is 23.4 Å². The van der Waals surface area contributed by atoms with Crippen molar-refractivity contribution < 1.29 is 4.42 Å². The highest BCUT2D eigenvalue weighted by Gasteiger charge is 2.20. The van der Waals surface area contributed by atoms with Crippen molar-refractivity contribution in [2.75, 3.05) is 0 Å². The summed E-state index contributed by atoms with van der Waals surface area (Å²) in [6.07, 6.45) is 0. The summed E-state index contributed by atoms with van der Waals surface area (Å²) in [6.45, 7) is 0. The summed E-state index contributed by atoms with van der Waals surface area (Å²) < 4.78 is 6.71. The Labute approximate surface area is 338 Å². The van der Waals surface area contributed by atoms with Gasteiger partial charge in [0.25, 0.3) is 0 Å². The van der Waals surface area contributed by atoms with E-state index in [2.05, 4.69) is 176 Å². The van der Waals surface area contributed by atoms with E-state index in [0.717, 1.165) is 82.2 Å². The van der Waals surface area contributed by atoms with Crippen LogP contribution in [0, 0.1) is 0 Å². The van der Waals surface area contributed by atoms with E-state index in [-0.39, 0.29) is 0 Å². The second-order valence-corrected chi connectivity index (χ2v) is 15.0. The maximum absolute atomic E-state index is 6.71. The molecule has 0 aliphatic rings. The molecule has 0 radical (unpaired) electrons. The van der Waals surface area contributed by atoms with Gasteiger partial charge in [-0.3, -0.25) is 0 Å². The van der Waals surface area contributed by atoms with E-state index >= 15 is 0 Å². The maximum Gasteiger partial charge on any atom is 0.227 e. The van der Waals surface area contributed by atoms with Crippen LogP contribution in [0.1, 0.15) is 0 Å². The van der Waals surface area contributed by atoms with E-state index in [1.54, 1.807) is 0 Å². The summed E-state index contributed by atoms with van der Waals surface area (Å²) in [5.41, 5.74) is 7.52. The highest BCUT2D eigenvalue weighted by atomic mass is 16.3. The van der Waals surface area contributed by atoms with Gasteiger partial charge in [-0.25, -0.2) is 19.9 Å². The largest absolute Gasteiger partial charge is 0.435 e. The van der Waals surface area contributed by atoms with Crippen LogP contribution >= 0.6 is 0 Å². The first kappa shape index (κ1) is 33.2. The Hall–Kier alpha value is -8.02. The average molecular weight is 753 g/mol. The molecule has 5 heteroatoms. The Morgan fingerprint density at radius 2 is 0.881 bits per heavy atom. The highest BCUT2D eigenvalue weighted by Crippen LogP contribution is 2.42. The number of oxazole rings is 1. The van der Waals surface area contributed by atoms with E-state index in [9.17, 15) is 0 Å². The zero-order valence-electron chi connectivity index (χ0n) is 31.7. The lowest BCUT2D eigenvalue weighted by Crippen LogP contribution is -2.01. The minimum atomic E-state index is 0.604. The Morgan fingerprint density at radius 1 is 0.305 bits per heavy atom. The Bertz CT molecular complexity index is 3630. The highest BCUT2D eigenvalue weighted by molar-refractivity contribution is 6.16. The molecule has 2 aromatic heterocycles. The molecule has 0 fully saturated rings. The maximum atomic E-state index is 6.71. The lowest BCUT2D eigenvalue weighted by molar-refractivity contribution is 0.623. The molecule has 0 aliphatic heterocycles. The number of aromatic nitrogens is 4. The van der Waals surface area contributed by atoms with Gasteiger partial charge in [-0.05, 0) is 83.9 Å². The average Bonchev–Trinajstić information content (AvgIpc) is 3.76. The molecule has 0 unspecified atom stereocenters. The molecule has 5 nitrogen and oxygen atoms in total. The molecule has 0 N–H and O–H groups in total. The molecule has 274 valence electrons. The van der Waals surface area contributed by atoms with Gasteiger partial charge in [0, 0.05) is 27.6 Å². The van der Waals surface area contributed by atoms with Gasteiger partial charge in [-0.2, -0.15) is 0 Å². The molecule has 2 heterocycles. The van der Waals surface area contributed by atoms with Crippen molar-refractivity contribution in [3.8, 4) is 56.7 Å². The molecular weight excluding hydrogens is 721 g/mol. The van der Waals surface area contributed by atoms with Crippen molar-refractivity contribution in [3.63, 3.8) is 0 Å². The fraction of sp³-hybridized carbons (Fsp3) is 0. The van der Waals surface area contributed by atoms with Crippen LogP contribution in [-0.2, 0) is 0 Å². The number of fused-ring (bicyclic) bond motifs is 8. The van der Waals surface area contributed by atoms with Gasteiger partial charge in [0.05, 0.1) is 0 Å². The van der Waals surface area contributed by atoms with Gasteiger partial charge in [0.1, 0.15) is 5.52 Å².